The molecule has 30 heavy (non-hydrogen) atoms. The number of benzene rings is 2. The number of carbonyl (C=O) groups is 2. The van der Waals surface area contributed by atoms with E-state index >= 15 is 0 Å². The molecule has 0 spiro atoms. The van der Waals surface area contributed by atoms with Crippen LogP contribution in [0, 0.1) is 13.8 Å². The van der Waals surface area contributed by atoms with Crippen LogP contribution >= 0.6 is 35.0 Å². The maximum Gasteiger partial charge on any atom is 0.242 e. The molecule has 0 aromatic heterocycles. The summed E-state index contributed by atoms with van der Waals surface area (Å²) in [5.41, 5.74) is 4.45. The first-order valence-corrected chi connectivity index (χ1v) is 11.8. The summed E-state index contributed by atoms with van der Waals surface area (Å²) in [6.07, 6.45) is 0.522. The van der Waals surface area contributed by atoms with Gasteiger partial charge < -0.3 is 10.2 Å². The molecule has 0 saturated heterocycles. The van der Waals surface area contributed by atoms with Gasteiger partial charge in [0.1, 0.15) is 6.04 Å². The highest BCUT2D eigenvalue weighted by Crippen LogP contribution is 2.24. The quantitative estimate of drug-likeness (QED) is 0.538. The van der Waals surface area contributed by atoms with E-state index in [-0.39, 0.29) is 11.8 Å². The molecule has 0 aliphatic rings. The number of aryl methyl sites for hydroxylation is 2. The van der Waals surface area contributed by atoms with Crippen molar-refractivity contribution in [2.24, 2.45) is 0 Å². The minimum absolute atomic E-state index is 0.0779. The zero-order valence-corrected chi connectivity index (χ0v) is 20.1. The predicted octanol–water partition coefficient (Wildman–Crippen LogP) is 5.40. The summed E-state index contributed by atoms with van der Waals surface area (Å²) < 4.78 is 0. The Hall–Kier alpha value is -1.69. The number of rotatable bonds is 9. The van der Waals surface area contributed by atoms with Gasteiger partial charge in [0, 0.05) is 19.3 Å². The fraction of sp³-hybridized carbons (Fsp3) is 0.391. The molecule has 0 radical (unpaired) electrons. The normalized spacial score (nSPS) is 11.8. The van der Waals surface area contributed by atoms with Gasteiger partial charge in [-0.3, -0.25) is 9.59 Å². The maximum atomic E-state index is 13.1. The topological polar surface area (TPSA) is 49.4 Å². The van der Waals surface area contributed by atoms with Gasteiger partial charge in [-0.25, -0.2) is 0 Å². The summed E-state index contributed by atoms with van der Waals surface area (Å²) in [6.45, 7) is 6.34. The second kappa shape index (κ2) is 11.6. The summed E-state index contributed by atoms with van der Waals surface area (Å²) >= 11 is 13.7. The number of likely N-dealkylation sites (N-methyl/N-ethyl adjacent to an activating group) is 1. The number of nitrogens with one attached hydrogen (secondary N) is 1. The van der Waals surface area contributed by atoms with Crippen LogP contribution < -0.4 is 5.32 Å². The minimum Gasteiger partial charge on any atom is -0.357 e. The van der Waals surface area contributed by atoms with E-state index < -0.39 is 6.04 Å². The van der Waals surface area contributed by atoms with E-state index in [2.05, 4.69) is 37.4 Å². The van der Waals surface area contributed by atoms with Crippen molar-refractivity contribution in [3.05, 3.63) is 68.7 Å². The smallest absolute Gasteiger partial charge is 0.242 e. The highest BCUT2D eigenvalue weighted by Gasteiger charge is 2.28. The van der Waals surface area contributed by atoms with Gasteiger partial charge in [-0.1, -0.05) is 65.5 Å². The van der Waals surface area contributed by atoms with Crippen molar-refractivity contribution in [2.45, 2.75) is 45.5 Å². The molecule has 2 aromatic carbocycles. The van der Waals surface area contributed by atoms with Crippen LogP contribution in [0.4, 0.5) is 0 Å². The molecule has 1 atom stereocenters. The van der Waals surface area contributed by atoms with Gasteiger partial charge >= 0.3 is 0 Å². The second-order valence-electron chi connectivity index (χ2n) is 7.30. The SMILES string of the molecule is CCC(C(=O)NC)N(Cc1ccc(Cl)c(Cl)c1)C(=O)CSCc1cc(C)cc(C)c1. The van der Waals surface area contributed by atoms with Gasteiger partial charge in [0.25, 0.3) is 0 Å². The first-order valence-electron chi connectivity index (χ1n) is 9.85. The lowest BCUT2D eigenvalue weighted by atomic mass is 10.1. The van der Waals surface area contributed by atoms with Crippen LogP contribution in [0.1, 0.15) is 35.6 Å². The molecule has 162 valence electrons. The molecule has 7 heteroatoms. The molecule has 2 amide bonds. The van der Waals surface area contributed by atoms with Crippen molar-refractivity contribution >= 4 is 46.8 Å². The van der Waals surface area contributed by atoms with Gasteiger partial charge in [0.2, 0.25) is 11.8 Å². The van der Waals surface area contributed by atoms with Crippen molar-refractivity contribution in [3.8, 4) is 0 Å². The summed E-state index contributed by atoms with van der Waals surface area (Å²) in [4.78, 5) is 27.2. The Balaban J connectivity index is 2.14. The largest absolute Gasteiger partial charge is 0.357 e. The number of halogens is 2. The number of hydrogen-bond acceptors (Lipinski definition) is 3. The van der Waals surface area contributed by atoms with Crippen LogP contribution in [0.3, 0.4) is 0 Å². The van der Waals surface area contributed by atoms with Crippen molar-refractivity contribution in [1.29, 1.82) is 0 Å². The number of amides is 2. The molecule has 0 aliphatic carbocycles. The van der Waals surface area contributed by atoms with E-state index in [1.807, 2.05) is 13.0 Å². The predicted molar refractivity (Wildman–Crippen MR) is 127 cm³/mol. The molecule has 2 aromatic rings. The molecule has 1 unspecified atom stereocenters. The van der Waals surface area contributed by atoms with Crippen LogP contribution in [0.2, 0.25) is 10.0 Å². The molecule has 2 rings (SSSR count). The standard InChI is InChI=1S/C23H28Cl2N2O2S/c1-5-21(23(29)26-4)27(12-17-6-7-19(24)20(25)11-17)22(28)14-30-13-18-9-15(2)8-16(3)10-18/h6-11,21H,5,12-14H2,1-4H3,(H,26,29). The Labute approximate surface area is 193 Å². The van der Waals surface area contributed by atoms with E-state index in [0.717, 1.165) is 11.3 Å². The first kappa shape index (κ1) is 24.6. The average molecular weight is 467 g/mol. The Morgan fingerprint density at radius 3 is 2.27 bits per heavy atom. The van der Waals surface area contributed by atoms with Gasteiger partial charge in [0.05, 0.1) is 15.8 Å². The Bertz CT molecular complexity index is 885. The Kier molecular flexibility index (Phi) is 9.53. The summed E-state index contributed by atoms with van der Waals surface area (Å²) in [5, 5.41) is 3.55. The van der Waals surface area contributed by atoms with E-state index in [0.29, 0.717) is 28.8 Å². The third-order valence-corrected chi connectivity index (χ3v) is 6.47. The number of thioether (sulfide) groups is 1. The molecule has 0 heterocycles. The Morgan fingerprint density at radius 2 is 1.70 bits per heavy atom. The third-order valence-electron chi connectivity index (χ3n) is 4.74. The second-order valence-corrected chi connectivity index (χ2v) is 9.10. The highest BCUT2D eigenvalue weighted by atomic mass is 35.5. The summed E-state index contributed by atoms with van der Waals surface area (Å²) in [7, 11) is 1.58. The fourth-order valence-electron chi connectivity index (χ4n) is 3.41. The lowest BCUT2D eigenvalue weighted by molar-refractivity contribution is -0.139. The number of nitrogens with zero attached hydrogens (tertiary/aromatic N) is 1. The van der Waals surface area contributed by atoms with Crippen LogP contribution in [-0.2, 0) is 21.9 Å². The molecule has 0 aliphatic heterocycles. The van der Waals surface area contributed by atoms with Crippen LogP contribution in [0.15, 0.2) is 36.4 Å². The lowest BCUT2D eigenvalue weighted by Gasteiger charge is -2.30. The van der Waals surface area contributed by atoms with E-state index in [1.165, 1.54) is 16.7 Å². The maximum absolute atomic E-state index is 13.1. The molecule has 1 N–H and O–H groups in total. The van der Waals surface area contributed by atoms with Crippen LogP contribution in [-0.4, -0.2) is 35.6 Å². The highest BCUT2D eigenvalue weighted by molar-refractivity contribution is 7.99. The van der Waals surface area contributed by atoms with Gasteiger partial charge in [-0.05, 0) is 43.5 Å². The van der Waals surface area contributed by atoms with Crippen molar-refractivity contribution in [2.75, 3.05) is 12.8 Å². The molecule has 4 nitrogen and oxygen atoms in total. The number of carbonyl (C=O) groups excluding carboxylic acids is 2. The molecule has 0 bridgehead atoms. The zero-order chi connectivity index (χ0) is 22.3. The van der Waals surface area contributed by atoms with E-state index in [9.17, 15) is 9.59 Å². The van der Waals surface area contributed by atoms with Crippen molar-refractivity contribution in [1.82, 2.24) is 10.2 Å². The summed E-state index contributed by atoms with van der Waals surface area (Å²) in [6, 6.07) is 11.1. The third kappa shape index (κ3) is 6.93. The van der Waals surface area contributed by atoms with Crippen molar-refractivity contribution < 1.29 is 9.59 Å². The van der Waals surface area contributed by atoms with Gasteiger partial charge in [0.15, 0.2) is 0 Å². The Morgan fingerprint density at radius 1 is 1.03 bits per heavy atom. The molecule has 0 saturated carbocycles. The monoisotopic (exact) mass is 466 g/mol. The van der Waals surface area contributed by atoms with Gasteiger partial charge in [-0.2, -0.15) is 0 Å². The van der Waals surface area contributed by atoms with Gasteiger partial charge in [-0.15, -0.1) is 11.8 Å². The van der Waals surface area contributed by atoms with E-state index in [4.69, 9.17) is 23.2 Å². The first-order chi connectivity index (χ1) is 14.2. The average Bonchev–Trinajstić information content (AvgIpc) is 2.69. The lowest BCUT2D eigenvalue weighted by Crippen LogP contribution is -2.48. The van der Waals surface area contributed by atoms with Crippen LogP contribution in [0.25, 0.3) is 0 Å². The van der Waals surface area contributed by atoms with Crippen LogP contribution in [0.5, 0.6) is 0 Å². The summed E-state index contributed by atoms with van der Waals surface area (Å²) in [5.74, 6) is 0.782. The number of hydrogen-bond donors (Lipinski definition) is 1. The zero-order valence-electron chi connectivity index (χ0n) is 17.8. The minimum atomic E-state index is -0.543. The molecule has 0 fully saturated rings. The van der Waals surface area contributed by atoms with E-state index in [1.54, 1.807) is 35.8 Å². The fourth-order valence-corrected chi connectivity index (χ4v) is 4.58. The van der Waals surface area contributed by atoms with Crippen molar-refractivity contribution in [3.63, 3.8) is 0 Å². The molecular weight excluding hydrogens is 439 g/mol. The molecular formula is C23H28Cl2N2O2S.